The van der Waals surface area contributed by atoms with Crippen LogP contribution in [0.1, 0.15) is 60.9 Å². The lowest BCUT2D eigenvalue weighted by atomic mass is 9.88. The summed E-state index contributed by atoms with van der Waals surface area (Å²) < 4.78 is 22.1. The van der Waals surface area contributed by atoms with E-state index in [1.54, 1.807) is 35.0 Å². The highest BCUT2D eigenvalue weighted by atomic mass is 16.6. The first-order valence-corrected chi connectivity index (χ1v) is 12.6. The summed E-state index contributed by atoms with van der Waals surface area (Å²) in [6.07, 6.45) is 1.37. The molecule has 0 saturated carbocycles. The maximum absolute atomic E-state index is 12.6. The molecule has 8 heteroatoms. The molecule has 2 atom stereocenters. The monoisotopic (exact) mass is 512 g/mol. The maximum atomic E-state index is 12.6. The molecule has 3 rings (SSSR count). The number of nitrogens with zero attached hydrogens (tertiary/aromatic N) is 1. The molecule has 0 aliphatic heterocycles. The minimum absolute atomic E-state index is 0.0809. The Morgan fingerprint density at radius 3 is 2.38 bits per heavy atom. The molecule has 0 saturated heterocycles. The van der Waals surface area contributed by atoms with Gasteiger partial charge in [-0.1, -0.05) is 24.3 Å². The topological polar surface area (TPSA) is 86.3 Å². The Balaban J connectivity index is 1.98. The molecule has 1 amide bonds. The van der Waals surface area contributed by atoms with Crippen molar-refractivity contribution in [2.45, 2.75) is 64.1 Å². The van der Waals surface area contributed by atoms with Gasteiger partial charge in [-0.2, -0.15) is 0 Å². The van der Waals surface area contributed by atoms with Crippen molar-refractivity contribution < 1.29 is 28.5 Å². The number of esters is 1. The fourth-order valence-corrected chi connectivity index (χ4v) is 5.07. The molecule has 1 N–H and O–H groups in total. The molecule has 0 bridgehead atoms. The second-order valence-corrected chi connectivity index (χ2v) is 10.6. The van der Waals surface area contributed by atoms with E-state index in [0.29, 0.717) is 6.42 Å². The zero-order valence-electron chi connectivity index (χ0n) is 23.3. The number of hydrogen-bond donors (Lipinski definition) is 1. The number of benzene rings is 2. The van der Waals surface area contributed by atoms with Crippen LogP contribution < -0.4 is 14.8 Å². The highest BCUT2D eigenvalue weighted by Gasteiger charge is 2.33. The number of fused-ring (bicyclic) bond motifs is 1. The van der Waals surface area contributed by atoms with E-state index in [1.807, 2.05) is 32.3 Å². The Kier molecular flexibility index (Phi) is 9.07. The highest BCUT2D eigenvalue weighted by Crippen LogP contribution is 2.48. The molecule has 0 radical (unpaired) electrons. The number of nitrogens with one attached hydrogen (secondary N) is 1. The molecule has 1 aliphatic carbocycles. The number of ether oxygens (including phenoxy) is 4. The van der Waals surface area contributed by atoms with Gasteiger partial charge in [0.05, 0.1) is 21.3 Å². The maximum Gasteiger partial charge on any atom is 0.408 e. The molecule has 0 heterocycles. The molecule has 0 aromatic heterocycles. The third kappa shape index (κ3) is 6.74. The van der Waals surface area contributed by atoms with Gasteiger partial charge in [-0.25, -0.2) is 9.59 Å². The summed E-state index contributed by atoms with van der Waals surface area (Å²) in [7, 11) is 8.76. The number of rotatable bonds is 9. The van der Waals surface area contributed by atoms with Crippen LogP contribution >= 0.6 is 0 Å². The minimum Gasteiger partial charge on any atom is -0.496 e. The number of amides is 1. The Hall–Kier alpha value is -3.26. The molecule has 202 valence electrons. The summed E-state index contributed by atoms with van der Waals surface area (Å²) in [6, 6.07) is 9.33. The third-order valence-electron chi connectivity index (χ3n) is 6.47. The van der Waals surface area contributed by atoms with E-state index in [-0.39, 0.29) is 5.92 Å². The van der Waals surface area contributed by atoms with E-state index in [1.165, 1.54) is 18.2 Å². The summed E-state index contributed by atoms with van der Waals surface area (Å²) in [5.74, 6) is 1.20. The zero-order valence-corrected chi connectivity index (χ0v) is 23.3. The Morgan fingerprint density at radius 2 is 1.78 bits per heavy atom. The van der Waals surface area contributed by atoms with E-state index in [9.17, 15) is 9.59 Å². The SMILES string of the molecule is COC(=O)[C@H](Cc1cccc2c1CCC2c1c(OC)ccc(CN(C)C)c1OC)NC(=O)OC(C)(C)C. The van der Waals surface area contributed by atoms with Gasteiger partial charge in [0.25, 0.3) is 0 Å². The molecule has 37 heavy (non-hydrogen) atoms. The summed E-state index contributed by atoms with van der Waals surface area (Å²) in [5, 5.41) is 2.69. The van der Waals surface area contributed by atoms with Gasteiger partial charge < -0.3 is 29.2 Å². The van der Waals surface area contributed by atoms with Gasteiger partial charge in [0.2, 0.25) is 0 Å². The normalized spacial score (nSPS) is 15.6. The lowest BCUT2D eigenvalue weighted by Gasteiger charge is -2.24. The average molecular weight is 513 g/mol. The molecule has 0 fully saturated rings. The van der Waals surface area contributed by atoms with Crippen molar-refractivity contribution in [1.29, 1.82) is 0 Å². The minimum atomic E-state index is -0.863. The first-order chi connectivity index (χ1) is 17.5. The fourth-order valence-electron chi connectivity index (χ4n) is 5.07. The van der Waals surface area contributed by atoms with Gasteiger partial charge in [0, 0.05) is 30.0 Å². The predicted molar refractivity (Wildman–Crippen MR) is 142 cm³/mol. The molecule has 1 aliphatic rings. The van der Waals surface area contributed by atoms with Crippen molar-refractivity contribution in [3.05, 3.63) is 58.1 Å². The molecule has 0 spiro atoms. The van der Waals surface area contributed by atoms with Crippen LogP contribution in [0.2, 0.25) is 0 Å². The first-order valence-electron chi connectivity index (χ1n) is 12.6. The number of alkyl carbamates (subject to hydrolysis) is 1. The lowest BCUT2D eigenvalue weighted by molar-refractivity contribution is -0.143. The van der Waals surface area contributed by atoms with Gasteiger partial charge in [-0.05, 0) is 70.5 Å². The molecular formula is C29H40N2O6. The van der Waals surface area contributed by atoms with Crippen LogP contribution in [0.25, 0.3) is 0 Å². The Labute approximate surface area is 220 Å². The van der Waals surface area contributed by atoms with Crippen LogP contribution in [0.4, 0.5) is 4.79 Å². The molecular weight excluding hydrogens is 472 g/mol. The van der Waals surface area contributed by atoms with E-state index in [2.05, 4.69) is 22.3 Å². The van der Waals surface area contributed by atoms with Gasteiger partial charge in [-0.15, -0.1) is 0 Å². The Bertz CT molecular complexity index is 1120. The van der Waals surface area contributed by atoms with Crippen molar-refractivity contribution in [1.82, 2.24) is 10.2 Å². The molecule has 2 aromatic rings. The smallest absolute Gasteiger partial charge is 0.408 e. The standard InChI is InChI=1S/C29H40N2O6/c1-29(2,3)37-28(33)30-23(27(32)36-8)16-18-10-9-11-21-20(18)13-14-22(21)25-24(34-6)15-12-19(17-31(4)5)26(25)35-7/h9-12,15,22-23H,13-14,16-17H2,1-8H3,(H,30,33)/t22?,23-/m0/s1. The van der Waals surface area contributed by atoms with Gasteiger partial charge in [0.1, 0.15) is 23.1 Å². The van der Waals surface area contributed by atoms with E-state index in [4.69, 9.17) is 18.9 Å². The van der Waals surface area contributed by atoms with Crippen LogP contribution in [0, 0.1) is 0 Å². The summed E-state index contributed by atoms with van der Waals surface area (Å²) >= 11 is 0. The van der Waals surface area contributed by atoms with Crippen molar-refractivity contribution in [3.63, 3.8) is 0 Å². The summed E-state index contributed by atoms with van der Waals surface area (Å²) in [6.45, 7) is 6.08. The second kappa shape index (κ2) is 11.9. The zero-order chi connectivity index (χ0) is 27.3. The number of hydrogen-bond acceptors (Lipinski definition) is 7. The van der Waals surface area contributed by atoms with Crippen LogP contribution in [0.5, 0.6) is 11.5 Å². The Morgan fingerprint density at radius 1 is 1.05 bits per heavy atom. The van der Waals surface area contributed by atoms with Crippen LogP contribution in [0.15, 0.2) is 30.3 Å². The van der Waals surface area contributed by atoms with Crippen LogP contribution in [0.3, 0.4) is 0 Å². The molecule has 2 aromatic carbocycles. The summed E-state index contributed by atoms with van der Waals surface area (Å²) in [4.78, 5) is 27.1. The van der Waals surface area contributed by atoms with Crippen LogP contribution in [-0.2, 0) is 33.7 Å². The number of methoxy groups -OCH3 is 3. The van der Waals surface area contributed by atoms with Crippen molar-refractivity contribution in [2.75, 3.05) is 35.4 Å². The largest absolute Gasteiger partial charge is 0.496 e. The van der Waals surface area contributed by atoms with Gasteiger partial charge in [-0.3, -0.25) is 0 Å². The van der Waals surface area contributed by atoms with Gasteiger partial charge >= 0.3 is 12.1 Å². The van der Waals surface area contributed by atoms with Crippen LogP contribution in [-0.4, -0.2) is 64.0 Å². The van der Waals surface area contributed by atoms with E-state index >= 15 is 0 Å². The summed E-state index contributed by atoms with van der Waals surface area (Å²) in [5.41, 5.74) is 4.81. The fraction of sp³-hybridized carbons (Fsp3) is 0.517. The van der Waals surface area contributed by atoms with E-state index < -0.39 is 23.7 Å². The molecule has 1 unspecified atom stereocenters. The van der Waals surface area contributed by atoms with Gasteiger partial charge in [0.15, 0.2) is 0 Å². The predicted octanol–water partition coefficient (Wildman–Crippen LogP) is 4.45. The average Bonchev–Trinajstić information content (AvgIpc) is 3.26. The highest BCUT2D eigenvalue weighted by molar-refractivity contribution is 5.81. The molecule has 8 nitrogen and oxygen atoms in total. The third-order valence-corrected chi connectivity index (χ3v) is 6.47. The number of carbonyl (C=O) groups is 2. The second-order valence-electron chi connectivity index (χ2n) is 10.6. The number of carbonyl (C=O) groups excluding carboxylic acids is 2. The van der Waals surface area contributed by atoms with Crippen molar-refractivity contribution >= 4 is 12.1 Å². The van der Waals surface area contributed by atoms with Crippen molar-refractivity contribution in [2.24, 2.45) is 0 Å². The van der Waals surface area contributed by atoms with E-state index in [0.717, 1.165) is 47.6 Å². The lowest BCUT2D eigenvalue weighted by Crippen LogP contribution is -2.45. The van der Waals surface area contributed by atoms with Crippen molar-refractivity contribution in [3.8, 4) is 11.5 Å². The first kappa shape index (κ1) is 28.3. The quantitative estimate of drug-likeness (QED) is 0.497.